The highest BCUT2D eigenvalue weighted by molar-refractivity contribution is 9.10. The van der Waals surface area contributed by atoms with Crippen LogP contribution in [0.25, 0.3) is 0 Å². The number of nitrogens with zero attached hydrogens (tertiary/aromatic N) is 1. The molecule has 1 aromatic rings. The first-order chi connectivity index (χ1) is 9.19. The van der Waals surface area contributed by atoms with Gasteiger partial charge >= 0.3 is 0 Å². The lowest BCUT2D eigenvalue weighted by molar-refractivity contribution is -0.187. The Bertz CT molecular complexity index is 418. The summed E-state index contributed by atoms with van der Waals surface area (Å²) in [5, 5.41) is 0. The highest BCUT2D eigenvalue weighted by atomic mass is 79.9. The van der Waals surface area contributed by atoms with E-state index in [1.54, 1.807) is 0 Å². The zero-order valence-corrected chi connectivity index (χ0v) is 12.9. The topological polar surface area (TPSA) is 21.7 Å². The highest BCUT2D eigenvalue weighted by Crippen LogP contribution is 2.34. The van der Waals surface area contributed by atoms with Gasteiger partial charge in [-0.05, 0) is 24.6 Å². The molecule has 2 aliphatic rings. The molecule has 2 heterocycles. The Kier molecular flexibility index (Phi) is 3.94. The number of halogens is 1. The van der Waals surface area contributed by atoms with Gasteiger partial charge in [0.25, 0.3) is 0 Å². The van der Waals surface area contributed by atoms with Crippen molar-refractivity contribution in [3.8, 4) is 0 Å². The van der Waals surface area contributed by atoms with E-state index in [9.17, 15) is 0 Å². The summed E-state index contributed by atoms with van der Waals surface area (Å²) in [4.78, 5) is 2.51. The van der Waals surface area contributed by atoms with Crippen LogP contribution in [0, 0.1) is 0 Å². The molecule has 104 valence electrons. The predicted molar refractivity (Wildman–Crippen MR) is 78.0 cm³/mol. The van der Waals surface area contributed by atoms with E-state index >= 15 is 0 Å². The molecular weight excluding hydrogens is 306 g/mol. The SMILES string of the molecule is C[C@H](c1ccc(Br)cc1)N1CCC2(CC1)OCCO2. The number of hydrogen-bond acceptors (Lipinski definition) is 3. The fraction of sp³-hybridized carbons (Fsp3) is 0.600. The molecule has 0 amide bonds. The average molecular weight is 326 g/mol. The molecular formula is C15H20BrNO2. The maximum absolute atomic E-state index is 5.78. The smallest absolute Gasteiger partial charge is 0.170 e. The molecule has 0 radical (unpaired) electrons. The van der Waals surface area contributed by atoms with E-state index in [1.165, 1.54) is 5.56 Å². The number of piperidine rings is 1. The van der Waals surface area contributed by atoms with Crippen molar-refractivity contribution in [3.63, 3.8) is 0 Å². The Morgan fingerprint density at radius 2 is 1.68 bits per heavy atom. The normalized spacial score (nSPS) is 24.7. The summed E-state index contributed by atoms with van der Waals surface area (Å²) in [7, 11) is 0. The fourth-order valence-corrected chi connectivity index (χ4v) is 3.25. The second kappa shape index (κ2) is 5.52. The first-order valence-corrected chi connectivity index (χ1v) is 7.75. The van der Waals surface area contributed by atoms with Crippen LogP contribution in [0.3, 0.4) is 0 Å². The van der Waals surface area contributed by atoms with Crippen molar-refractivity contribution in [2.75, 3.05) is 26.3 Å². The summed E-state index contributed by atoms with van der Waals surface area (Å²) in [6.07, 6.45) is 1.96. The molecule has 2 fully saturated rings. The van der Waals surface area contributed by atoms with E-state index in [1.807, 2.05) is 0 Å². The standard InChI is InChI=1S/C15H20BrNO2/c1-12(13-2-4-14(16)5-3-13)17-8-6-15(7-9-17)18-10-11-19-15/h2-5,12H,6-11H2,1H3/t12-/m1/s1. The summed E-state index contributed by atoms with van der Waals surface area (Å²) in [6.45, 7) is 5.86. The molecule has 1 spiro atoms. The minimum atomic E-state index is -0.268. The lowest BCUT2D eigenvalue weighted by Crippen LogP contribution is -2.45. The molecule has 3 nitrogen and oxygen atoms in total. The Balaban J connectivity index is 1.63. The summed E-state index contributed by atoms with van der Waals surface area (Å²) < 4.78 is 12.7. The minimum Gasteiger partial charge on any atom is -0.347 e. The minimum absolute atomic E-state index is 0.268. The Labute approximate surface area is 123 Å². The number of hydrogen-bond donors (Lipinski definition) is 0. The Hall–Kier alpha value is -0.420. The van der Waals surface area contributed by atoms with Gasteiger partial charge in [0.1, 0.15) is 0 Å². The van der Waals surface area contributed by atoms with Crippen molar-refractivity contribution in [3.05, 3.63) is 34.3 Å². The van der Waals surface area contributed by atoms with Gasteiger partial charge in [0.2, 0.25) is 0 Å². The molecule has 0 N–H and O–H groups in total. The predicted octanol–water partition coefficient (Wildman–Crippen LogP) is 3.35. The lowest BCUT2D eigenvalue weighted by atomic mass is 9.99. The monoisotopic (exact) mass is 325 g/mol. The van der Waals surface area contributed by atoms with Crippen LogP contribution in [0.4, 0.5) is 0 Å². The van der Waals surface area contributed by atoms with Crippen LogP contribution < -0.4 is 0 Å². The summed E-state index contributed by atoms with van der Waals surface area (Å²) in [5.74, 6) is -0.268. The molecule has 0 saturated carbocycles. The van der Waals surface area contributed by atoms with Crippen LogP contribution in [-0.2, 0) is 9.47 Å². The first-order valence-electron chi connectivity index (χ1n) is 6.96. The van der Waals surface area contributed by atoms with Gasteiger partial charge in [-0.15, -0.1) is 0 Å². The molecule has 0 aliphatic carbocycles. The lowest BCUT2D eigenvalue weighted by Gasteiger charge is -2.40. The van der Waals surface area contributed by atoms with Crippen molar-refractivity contribution >= 4 is 15.9 Å². The van der Waals surface area contributed by atoms with Crippen molar-refractivity contribution < 1.29 is 9.47 Å². The highest BCUT2D eigenvalue weighted by Gasteiger charge is 2.40. The molecule has 19 heavy (non-hydrogen) atoms. The molecule has 3 rings (SSSR count). The van der Waals surface area contributed by atoms with E-state index in [0.717, 1.165) is 43.6 Å². The molecule has 2 saturated heterocycles. The van der Waals surface area contributed by atoms with Crippen molar-refractivity contribution in [1.29, 1.82) is 0 Å². The van der Waals surface area contributed by atoms with E-state index in [4.69, 9.17) is 9.47 Å². The Morgan fingerprint density at radius 3 is 2.26 bits per heavy atom. The van der Waals surface area contributed by atoms with E-state index in [-0.39, 0.29) is 5.79 Å². The average Bonchev–Trinajstić information content (AvgIpc) is 2.88. The van der Waals surface area contributed by atoms with Crippen molar-refractivity contribution in [1.82, 2.24) is 4.90 Å². The van der Waals surface area contributed by atoms with Crippen LogP contribution in [0.5, 0.6) is 0 Å². The van der Waals surface area contributed by atoms with Crippen molar-refractivity contribution in [2.24, 2.45) is 0 Å². The third-order valence-corrected chi connectivity index (χ3v) is 4.80. The third kappa shape index (κ3) is 2.87. The van der Waals surface area contributed by atoms with Gasteiger partial charge in [-0.3, -0.25) is 4.90 Å². The molecule has 0 aromatic heterocycles. The van der Waals surface area contributed by atoms with Gasteiger partial charge in [-0.25, -0.2) is 0 Å². The number of likely N-dealkylation sites (tertiary alicyclic amines) is 1. The number of benzene rings is 1. The molecule has 4 heteroatoms. The van der Waals surface area contributed by atoms with Gasteiger partial charge in [0.05, 0.1) is 13.2 Å². The van der Waals surface area contributed by atoms with E-state index in [0.29, 0.717) is 6.04 Å². The van der Waals surface area contributed by atoms with Gasteiger partial charge < -0.3 is 9.47 Å². The van der Waals surface area contributed by atoms with Crippen LogP contribution >= 0.6 is 15.9 Å². The first kappa shape index (κ1) is 13.6. The largest absolute Gasteiger partial charge is 0.347 e. The Morgan fingerprint density at radius 1 is 1.11 bits per heavy atom. The number of rotatable bonds is 2. The van der Waals surface area contributed by atoms with Crippen molar-refractivity contribution in [2.45, 2.75) is 31.6 Å². The third-order valence-electron chi connectivity index (χ3n) is 4.27. The summed E-state index contributed by atoms with van der Waals surface area (Å²) >= 11 is 3.48. The molecule has 0 unspecified atom stereocenters. The van der Waals surface area contributed by atoms with Gasteiger partial charge in [0.15, 0.2) is 5.79 Å². The molecule has 2 aliphatic heterocycles. The second-order valence-corrected chi connectivity index (χ2v) is 6.29. The molecule has 0 bridgehead atoms. The van der Waals surface area contributed by atoms with Gasteiger partial charge in [-0.1, -0.05) is 28.1 Å². The van der Waals surface area contributed by atoms with Gasteiger partial charge in [0, 0.05) is 36.4 Å². The maximum Gasteiger partial charge on any atom is 0.170 e. The molecule has 1 aromatic carbocycles. The van der Waals surface area contributed by atoms with Gasteiger partial charge in [-0.2, -0.15) is 0 Å². The second-order valence-electron chi connectivity index (χ2n) is 5.37. The van der Waals surface area contributed by atoms with E-state index in [2.05, 4.69) is 52.0 Å². The van der Waals surface area contributed by atoms with Crippen LogP contribution in [-0.4, -0.2) is 37.0 Å². The molecule has 1 atom stereocenters. The van der Waals surface area contributed by atoms with Crippen LogP contribution in [0.15, 0.2) is 28.7 Å². The summed E-state index contributed by atoms with van der Waals surface area (Å²) in [5.41, 5.74) is 1.37. The van der Waals surface area contributed by atoms with Crippen LogP contribution in [0.1, 0.15) is 31.4 Å². The van der Waals surface area contributed by atoms with E-state index < -0.39 is 0 Å². The zero-order chi connectivity index (χ0) is 13.3. The summed E-state index contributed by atoms with van der Waals surface area (Å²) in [6, 6.07) is 9.07. The van der Waals surface area contributed by atoms with Crippen LogP contribution in [0.2, 0.25) is 0 Å². The fourth-order valence-electron chi connectivity index (χ4n) is 2.99. The number of ether oxygens (including phenoxy) is 2. The quantitative estimate of drug-likeness (QED) is 0.832. The zero-order valence-electron chi connectivity index (χ0n) is 11.3. The maximum atomic E-state index is 5.78.